The highest BCUT2D eigenvalue weighted by molar-refractivity contribution is 6.06. The lowest BCUT2D eigenvalue weighted by Crippen LogP contribution is -2.28. The van der Waals surface area contributed by atoms with Crippen molar-refractivity contribution in [1.82, 2.24) is 5.32 Å². The number of cyclic esters (lactones) is 1. The summed E-state index contributed by atoms with van der Waals surface area (Å²) in [5, 5.41) is 10.5. The lowest BCUT2D eigenvalue weighted by atomic mass is 10.1. The number of nitrogens with one attached hydrogen (secondary N) is 1. The minimum absolute atomic E-state index is 0.0920. The molecule has 6 nitrogen and oxygen atoms in total. The number of hydrogen-bond donors (Lipinski definition) is 2. The molecule has 1 amide bonds. The van der Waals surface area contributed by atoms with Gasteiger partial charge in [-0.15, -0.1) is 0 Å². The topological polar surface area (TPSA) is 88.0 Å². The quantitative estimate of drug-likeness (QED) is 0.558. The molecule has 0 aliphatic carbocycles. The van der Waals surface area contributed by atoms with Gasteiger partial charge in [0.2, 0.25) is 5.90 Å². The third-order valence-electron chi connectivity index (χ3n) is 2.22. The predicted octanol–water partition coefficient (Wildman–Crippen LogP) is 1.28. The molecule has 0 aromatic heterocycles. The maximum atomic E-state index is 11.4. The van der Waals surface area contributed by atoms with Crippen LogP contribution >= 0.6 is 0 Å². The second-order valence-electron chi connectivity index (χ2n) is 3.21. The van der Waals surface area contributed by atoms with Crippen molar-refractivity contribution in [3.05, 3.63) is 11.3 Å². The molecular weight excluding hydrogens is 212 g/mol. The Morgan fingerprint density at radius 2 is 2.06 bits per heavy atom. The molecule has 88 valence electrons. The minimum Gasteiger partial charge on any atom is -0.465 e. The summed E-state index contributed by atoms with van der Waals surface area (Å²) in [5.41, 5.74) is 1.22. The van der Waals surface area contributed by atoms with Gasteiger partial charge in [0.05, 0.1) is 6.54 Å². The van der Waals surface area contributed by atoms with Crippen LogP contribution in [0.5, 0.6) is 0 Å². The maximum Gasteiger partial charge on any atom is 0.405 e. The van der Waals surface area contributed by atoms with Crippen LogP contribution in [-0.2, 0) is 9.53 Å². The van der Waals surface area contributed by atoms with Gasteiger partial charge in [0.15, 0.2) is 5.70 Å². The Morgan fingerprint density at radius 1 is 1.44 bits per heavy atom. The molecule has 0 unspecified atom stereocenters. The van der Waals surface area contributed by atoms with Crippen molar-refractivity contribution in [1.29, 1.82) is 0 Å². The van der Waals surface area contributed by atoms with Gasteiger partial charge in [0.25, 0.3) is 0 Å². The van der Waals surface area contributed by atoms with Crippen LogP contribution in [0.4, 0.5) is 4.79 Å². The van der Waals surface area contributed by atoms with Crippen LogP contribution in [0.1, 0.15) is 26.7 Å². The molecule has 0 spiro atoms. The number of carbonyl (C=O) groups is 2. The average Bonchev–Trinajstić information content (AvgIpc) is 2.59. The number of hydrogen-bond acceptors (Lipinski definition) is 4. The van der Waals surface area contributed by atoms with Crippen molar-refractivity contribution in [2.45, 2.75) is 26.7 Å². The molecule has 0 saturated heterocycles. The molecule has 2 N–H and O–H groups in total. The van der Waals surface area contributed by atoms with Crippen LogP contribution in [0, 0.1) is 0 Å². The molecule has 0 fully saturated rings. The van der Waals surface area contributed by atoms with E-state index in [1.807, 2.05) is 13.8 Å². The van der Waals surface area contributed by atoms with Crippen LogP contribution in [-0.4, -0.2) is 29.6 Å². The predicted molar refractivity (Wildman–Crippen MR) is 57.2 cm³/mol. The van der Waals surface area contributed by atoms with Crippen LogP contribution in [0.2, 0.25) is 0 Å². The number of amides is 1. The van der Waals surface area contributed by atoms with Gasteiger partial charge in [-0.05, 0) is 18.4 Å². The van der Waals surface area contributed by atoms with Crippen molar-refractivity contribution in [2.24, 2.45) is 4.99 Å². The van der Waals surface area contributed by atoms with Crippen molar-refractivity contribution >= 4 is 18.0 Å². The summed E-state index contributed by atoms with van der Waals surface area (Å²) in [7, 11) is 0. The van der Waals surface area contributed by atoms with E-state index < -0.39 is 12.1 Å². The molecular formula is C10H14N2O4. The third-order valence-corrected chi connectivity index (χ3v) is 2.22. The summed E-state index contributed by atoms with van der Waals surface area (Å²) in [5.74, 6) is -0.400. The highest BCUT2D eigenvalue weighted by Crippen LogP contribution is 2.19. The molecule has 1 aliphatic heterocycles. The molecule has 16 heavy (non-hydrogen) atoms. The van der Waals surface area contributed by atoms with Gasteiger partial charge in [0, 0.05) is 0 Å². The summed E-state index contributed by atoms with van der Waals surface area (Å²) in [6, 6.07) is 0. The zero-order valence-corrected chi connectivity index (χ0v) is 9.24. The number of ether oxygens (including phenoxy) is 1. The summed E-state index contributed by atoms with van der Waals surface area (Å²) in [4.78, 5) is 25.6. The van der Waals surface area contributed by atoms with Gasteiger partial charge in [0.1, 0.15) is 0 Å². The Morgan fingerprint density at radius 3 is 2.56 bits per heavy atom. The van der Waals surface area contributed by atoms with E-state index >= 15 is 0 Å². The first-order valence-electron chi connectivity index (χ1n) is 5.07. The lowest BCUT2D eigenvalue weighted by Gasteiger charge is -1.99. The molecule has 0 atom stereocenters. The number of rotatable bonds is 4. The van der Waals surface area contributed by atoms with Crippen LogP contribution in [0.3, 0.4) is 0 Å². The third kappa shape index (κ3) is 2.82. The Hall–Kier alpha value is -1.85. The number of nitrogens with zero attached hydrogens (tertiary/aromatic N) is 1. The number of allylic oxidation sites excluding steroid dienone is 1. The van der Waals surface area contributed by atoms with Gasteiger partial charge < -0.3 is 15.2 Å². The van der Waals surface area contributed by atoms with E-state index in [2.05, 4.69) is 10.3 Å². The maximum absolute atomic E-state index is 11.4. The summed E-state index contributed by atoms with van der Waals surface area (Å²) < 4.78 is 4.84. The standard InChI is InChI=1S/C10H14N2O4/c1-3-6(4-2)8-9(13)16-7(12-8)5-11-10(14)15/h11H,3-5H2,1-2H3,(H,14,15). The van der Waals surface area contributed by atoms with E-state index in [1.165, 1.54) is 0 Å². The number of aliphatic imine (C=N–C) groups is 1. The second-order valence-corrected chi connectivity index (χ2v) is 3.21. The molecule has 0 radical (unpaired) electrons. The number of carboxylic acid groups (broad SMARTS) is 1. The SMILES string of the molecule is CCC(CC)=C1N=C(CNC(=O)O)OC1=O. The Labute approximate surface area is 93.0 Å². The van der Waals surface area contributed by atoms with Crippen molar-refractivity contribution < 1.29 is 19.4 Å². The van der Waals surface area contributed by atoms with Crippen molar-refractivity contribution in [3.63, 3.8) is 0 Å². The molecule has 0 saturated carbocycles. The van der Waals surface area contributed by atoms with Crippen LogP contribution in [0.15, 0.2) is 16.3 Å². The Kier molecular flexibility index (Phi) is 4.04. The first-order chi connectivity index (χ1) is 7.58. The molecule has 1 rings (SSSR count). The van der Waals surface area contributed by atoms with E-state index in [-0.39, 0.29) is 12.4 Å². The minimum atomic E-state index is -1.18. The largest absolute Gasteiger partial charge is 0.465 e. The van der Waals surface area contributed by atoms with Crippen molar-refractivity contribution in [3.8, 4) is 0 Å². The van der Waals surface area contributed by atoms with E-state index in [9.17, 15) is 9.59 Å². The normalized spacial score (nSPS) is 14.5. The van der Waals surface area contributed by atoms with Gasteiger partial charge in [-0.2, -0.15) is 0 Å². The van der Waals surface area contributed by atoms with E-state index in [1.54, 1.807) is 0 Å². The fourth-order valence-corrected chi connectivity index (χ4v) is 1.38. The van der Waals surface area contributed by atoms with Crippen LogP contribution < -0.4 is 5.32 Å². The van der Waals surface area contributed by atoms with Crippen molar-refractivity contribution in [2.75, 3.05) is 6.54 Å². The summed E-state index contributed by atoms with van der Waals surface area (Å²) in [6.45, 7) is 3.77. The highest BCUT2D eigenvalue weighted by Gasteiger charge is 2.25. The monoisotopic (exact) mass is 226 g/mol. The summed E-state index contributed by atoms with van der Waals surface area (Å²) in [6.07, 6.45) is 0.274. The number of carbonyl (C=O) groups excluding carboxylic acids is 1. The zero-order valence-electron chi connectivity index (χ0n) is 9.24. The molecule has 0 aromatic rings. The van der Waals surface area contributed by atoms with E-state index in [0.29, 0.717) is 5.70 Å². The smallest absolute Gasteiger partial charge is 0.405 e. The zero-order chi connectivity index (χ0) is 12.1. The molecule has 6 heteroatoms. The van der Waals surface area contributed by atoms with Gasteiger partial charge in [-0.1, -0.05) is 13.8 Å². The van der Waals surface area contributed by atoms with Gasteiger partial charge in [-0.3, -0.25) is 0 Å². The van der Waals surface area contributed by atoms with Gasteiger partial charge >= 0.3 is 12.1 Å². The average molecular weight is 226 g/mol. The fraction of sp³-hybridized carbons (Fsp3) is 0.500. The van der Waals surface area contributed by atoms with E-state index in [4.69, 9.17) is 9.84 Å². The van der Waals surface area contributed by atoms with E-state index in [0.717, 1.165) is 18.4 Å². The lowest BCUT2D eigenvalue weighted by molar-refractivity contribution is -0.130. The molecule has 1 heterocycles. The molecule has 1 aliphatic rings. The Bertz CT molecular complexity index is 365. The summed E-state index contributed by atoms with van der Waals surface area (Å²) >= 11 is 0. The highest BCUT2D eigenvalue weighted by atomic mass is 16.6. The second kappa shape index (κ2) is 5.29. The van der Waals surface area contributed by atoms with Crippen LogP contribution in [0.25, 0.3) is 0 Å². The first-order valence-corrected chi connectivity index (χ1v) is 5.07. The Balaban J connectivity index is 2.78. The molecule has 0 bridgehead atoms. The first kappa shape index (κ1) is 12.2. The van der Waals surface area contributed by atoms with Gasteiger partial charge in [-0.25, -0.2) is 14.6 Å². The number of esters is 1. The molecule has 0 aromatic carbocycles. The fourth-order valence-electron chi connectivity index (χ4n) is 1.38.